The predicted octanol–water partition coefficient (Wildman–Crippen LogP) is 2.51. The molecule has 0 unspecified atom stereocenters. The highest BCUT2D eigenvalue weighted by atomic mass is 28.3. The molecule has 0 bridgehead atoms. The van der Waals surface area contributed by atoms with Gasteiger partial charge in [-0.3, -0.25) is 0 Å². The fraction of sp³-hybridized carbons (Fsp3) is 0.909. The molecule has 14 heavy (non-hydrogen) atoms. The van der Waals surface area contributed by atoms with Crippen LogP contribution in [-0.4, -0.2) is 27.8 Å². The van der Waals surface area contributed by atoms with Crippen LogP contribution >= 0.6 is 0 Å². The van der Waals surface area contributed by atoms with E-state index in [-0.39, 0.29) is 0 Å². The molecule has 1 aliphatic carbocycles. The highest BCUT2D eigenvalue weighted by Crippen LogP contribution is 2.21. The average molecular weight is 214 g/mol. The summed E-state index contributed by atoms with van der Waals surface area (Å²) in [4.78, 5) is 0. The molecule has 0 spiro atoms. The van der Waals surface area contributed by atoms with Crippen molar-refractivity contribution >= 4 is 14.6 Å². The van der Waals surface area contributed by atoms with E-state index >= 15 is 0 Å². The van der Waals surface area contributed by atoms with E-state index in [4.69, 9.17) is 8.85 Å². The molecule has 0 saturated heterocycles. The first-order valence-corrected chi connectivity index (χ1v) is 7.23. The van der Waals surface area contributed by atoms with E-state index in [9.17, 15) is 0 Å². The van der Waals surface area contributed by atoms with Gasteiger partial charge < -0.3 is 8.85 Å². The van der Waals surface area contributed by atoms with Crippen molar-refractivity contribution in [2.24, 2.45) is 5.92 Å². The number of hydrogen-bond donors (Lipinski definition) is 0. The van der Waals surface area contributed by atoms with Crippen molar-refractivity contribution in [3.05, 3.63) is 0 Å². The van der Waals surface area contributed by atoms with Crippen LogP contribution in [0.5, 0.6) is 0 Å². The van der Waals surface area contributed by atoms with Gasteiger partial charge in [-0.1, -0.05) is 19.3 Å². The Morgan fingerprint density at radius 2 is 1.64 bits per heavy atom. The van der Waals surface area contributed by atoms with Gasteiger partial charge in [0.2, 0.25) is 0 Å². The molecule has 1 saturated carbocycles. The Morgan fingerprint density at radius 1 is 1.07 bits per heavy atom. The lowest BCUT2D eigenvalue weighted by molar-refractivity contribution is 0.234. The molecule has 0 atom stereocenters. The Labute approximate surface area is 89.1 Å². The van der Waals surface area contributed by atoms with Crippen LogP contribution < -0.4 is 0 Å². The van der Waals surface area contributed by atoms with Gasteiger partial charge in [0.05, 0.1) is 13.2 Å². The van der Waals surface area contributed by atoms with Gasteiger partial charge >= 0.3 is 8.90 Å². The monoisotopic (exact) mass is 214 g/mol. The average Bonchev–Trinajstić information content (AvgIpc) is 2.20. The smallest absolute Gasteiger partial charge is 0.475 e. The molecule has 3 heteroatoms. The summed E-state index contributed by atoms with van der Waals surface area (Å²) >= 11 is 0. The molecule has 0 N–H and O–H groups in total. The van der Waals surface area contributed by atoms with E-state index in [0.29, 0.717) is 0 Å². The van der Waals surface area contributed by atoms with E-state index in [0.717, 1.165) is 19.1 Å². The van der Waals surface area contributed by atoms with Gasteiger partial charge in [0.15, 0.2) is 0 Å². The Kier molecular flexibility index (Phi) is 5.92. The number of rotatable bonds is 5. The maximum absolute atomic E-state index is 5.61. The van der Waals surface area contributed by atoms with E-state index in [1.54, 1.807) is 0 Å². The summed E-state index contributed by atoms with van der Waals surface area (Å²) < 4.78 is 11.2. The van der Waals surface area contributed by atoms with Gasteiger partial charge in [-0.2, -0.15) is 0 Å². The van der Waals surface area contributed by atoms with E-state index in [1.165, 1.54) is 32.1 Å². The third kappa shape index (κ3) is 4.27. The van der Waals surface area contributed by atoms with Crippen molar-refractivity contribution in [2.45, 2.75) is 46.0 Å². The first kappa shape index (κ1) is 11.8. The van der Waals surface area contributed by atoms with Crippen molar-refractivity contribution in [3.63, 3.8) is 0 Å². The zero-order chi connectivity index (χ0) is 10.2. The van der Waals surface area contributed by atoms with Crippen molar-refractivity contribution in [1.29, 1.82) is 0 Å². The van der Waals surface area contributed by atoms with Crippen molar-refractivity contribution in [1.82, 2.24) is 0 Å². The van der Waals surface area contributed by atoms with Crippen molar-refractivity contribution in [2.75, 3.05) is 13.2 Å². The van der Waals surface area contributed by atoms with Crippen molar-refractivity contribution in [3.8, 4) is 0 Å². The van der Waals surface area contributed by atoms with E-state index in [2.05, 4.69) is 5.67 Å². The first-order valence-electron chi connectivity index (χ1n) is 5.84. The highest BCUT2D eigenvalue weighted by Gasteiger charge is 2.14. The largest absolute Gasteiger partial charge is 0.524 e. The Morgan fingerprint density at radius 3 is 2.14 bits per heavy atom. The predicted molar refractivity (Wildman–Crippen MR) is 61.6 cm³/mol. The lowest BCUT2D eigenvalue weighted by atomic mass is 9.91. The summed E-state index contributed by atoms with van der Waals surface area (Å²) in [6.07, 6.45) is 6.86. The molecule has 0 radical (unpaired) electrons. The molecule has 1 fully saturated rings. The van der Waals surface area contributed by atoms with Gasteiger partial charge in [0.1, 0.15) is 0 Å². The van der Waals surface area contributed by atoms with E-state index < -0.39 is 8.90 Å². The van der Waals surface area contributed by atoms with E-state index in [1.807, 2.05) is 13.8 Å². The van der Waals surface area contributed by atoms with Gasteiger partial charge in [-0.25, -0.2) is 0 Å². The fourth-order valence-electron chi connectivity index (χ4n) is 1.92. The van der Waals surface area contributed by atoms with Crippen LogP contribution in [0.2, 0.25) is 0 Å². The Bertz CT molecular complexity index is 166. The third-order valence-corrected chi connectivity index (χ3v) is 4.48. The van der Waals surface area contributed by atoms with Gasteiger partial charge in [0, 0.05) is 0 Å². The molecule has 0 amide bonds. The zero-order valence-corrected chi connectivity index (χ0v) is 10.4. The van der Waals surface area contributed by atoms with Crippen LogP contribution in [0.3, 0.4) is 0 Å². The molecule has 0 aromatic rings. The summed E-state index contributed by atoms with van der Waals surface area (Å²) in [5.41, 5.74) is 2.36. The minimum atomic E-state index is -1.07. The normalized spacial score (nSPS) is 17.6. The Balaban J connectivity index is 2.41. The second-order valence-electron chi connectivity index (χ2n) is 3.75. The lowest BCUT2D eigenvalue weighted by Gasteiger charge is -2.19. The fourth-order valence-corrected chi connectivity index (χ4v) is 3.48. The summed E-state index contributed by atoms with van der Waals surface area (Å²) in [7, 11) is -1.07. The number of hydrogen-bond acceptors (Lipinski definition) is 2. The molecule has 1 aliphatic rings. The van der Waals surface area contributed by atoms with Crippen LogP contribution in [0.25, 0.3) is 0 Å². The topological polar surface area (TPSA) is 18.5 Å². The molecule has 2 nitrogen and oxygen atoms in total. The quantitative estimate of drug-likeness (QED) is 0.655. The van der Waals surface area contributed by atoms with Crippen LogP contribution in [0.15, 0.2) is 0 Å². The van der Waals surface area contributed by atoms with Gasteiger partial charge in [-0.15, -0.1) is 0 Å². The van der Waals surface area contributed by atoms with Crippen molar-refractivity contribution < 1.29 is 8.85 Å². The highest BCUT2D eigenvalue weighted by molar-refractivity contribution is 6.54. The van der Waals surface area contributed by atoms with Gasteiger partial charge in [0.25, 0.3) is 0 Å². The third-order valence-electron chi connectivity index (χ3n) is 2.59. The SMILES string of the molecule is CCO[Si](=CC1CCCCC1)OCC. The molecular formula is C11H22O2Si. The minimum absolute atomic E-state index is 0.760. The standard InChI is InChI=1S/C11H22O2Si/c1-3-12-14(13-4-2)10-11-8-6-5-7-9-11/h10-11H,3-9H2,1-2H3. The lowest BCUT2D eigenvalue weighted by Crippen LogP contribution is -2.21. The molecule has 0 aromatic carbocycles. The molecule has 82 valence electrons. The molecule has 0 heterocycles. The summed E-state index contributed by atoms with van der Waals surface area (Å²) in [6.45, 7) is 5.63. The second kappa shape index (κ2) is 7.04. The molecule has 1 rings (SSSR count). The molecular weight excluding hydrogens is 192 g/mol. The Hall–Kier alpha value is -0.313. The second-order valence-corrected chi connectivity index (χ2v) is 5.30. The zero-order valence-electron chi connectivity index (χ0n) is 9.42. The minimum Gasteiger partial charge on any atom is -0.524 e. The molecule has 0 aromatic heterocycles. The molecule has 0 aliphatic heterocycles. The first-order chi connectivity index (χ1) is 6.86. The van der Waals surface area contributed by atoms with Crippen LogP contribution in [0.4, 0.5) is 0 Å². The summed E-state index contributed by atoms with van der Waals surface area (Å²) in [5, 5.41) is 0. The summed E-state index contributed by atoms with van der Waals surface area (Å²) in [6, 6.07) is 0. The van der Waals surface area contributed by atoms with Crippen LogP contribution in [0, 0.1) is 5.92 Å². The summed E-state index contributed by atoms with van der Waals surface area (Å²) in [5.74, 6) is 0.760. The van der Waals surface area contributed by atoms with Crippen LogP contribution in [-0.2, 0) is 8.85 Å². The van der Waals surface area contributed by atoms with Gasteiger partial charge in [-0.05, 0) is 38.3 Å². The maximum Gasteiger partial charge on any atom is 0.475 e. The maximum atomic E-state index is 5.61. The van der Waals surface area contributed by atoms with Crippen LogP contribution in [0.1, 0.15) is 46.0 Å².